The molecule has 2 rings (SSSR count). The van der Waals surface area contributed by atoms with Crippen LogP contribution in [0.1, 0.15) is 40.4 Å². The molecule has 0 atom stereocenters. The molecule has 0 radical (unpaired) electrons. The van der Waals surface area contributed by atoms with E-state index < -0.39 is 0 Å². The molecule has 0 aliphatic carbocycles. The number of carbonyl (C=O) groups excluding carboxylic acids is 1. The SMILES string of the molecule is CCCOc1c(C)cc(Cl)c(C)c1C(=O)c1ccc(N)cc1. The van der Waals surface area contributed by atoms with E-state index in [-0.39, 0.29) is 5.78 Å². The van der Waals surface area contributed by atoms with Gasteiger partial charge in [0, 0.05) is 16.3 Å². The van der Waals surface area contributed by atoms with Crippen molar-refractivity contribution >= 4 is 23.1 Å². The smallest absolute Gasteiger partial charge is 0.197 e. The van der Waals surface area contributed by atoms with Crippen molar-refractivity contribution in [2.24, 2.45) is 0 Å². The molecule has 0 aliphatic heterocycles. The van der Waals surface area contributed by atoms with Gasteiger partial charge in [0.1, 0.15) is 5.75 Å². The van der Waals surface area contributed by atoms with E-state index in [1.54, 1.807) is 24.3 Å². The predicted octanol–water partition coefficient (Wildman–Crippen LogP) is 4.56. The molecule has 0 spiro atoms. The van der Waals surface area contributed by atoms with E-state index in [1.165, 1.54) is 0 Å². The number of ketones is 1. The summed E-state index contributed by atoms with van der Waals surface area (Å²) in [5.41, 5.74) is 9.01. The molecule has 0 unspecified atom stereocenters. The van der Waals surface area contributed by atoms with Crippen LogP contribution in [0.15, 0.2) is 30.3 Å². The normalized spacial score (nSPS) is 10.5. The van der Waals surface area contributed by atoms with Crippen LogP contribution in [0, 0.1) is 13.8 Å². The van der Waals surface area contributed by atoms with E-state index in [0.717, 1.165) is 17.5 Å². The topological polar surface area (TPSA) is 52.3 Å². The molecule has 0 fully saturated rings. The molecule has 0 saturated carbocycles. The van der Waals surface area contributed by atoms with Crippen molar-refractivity contribution in [1.29, 1.82) is 0 Å². The Hall–Kier alpha value is -2.00. The Morgan fingerprint density at radius 3 is 2.45 bits per heavy atom. The zero-order valence-corrected chi connectivity index (χ0v) is 13.8. The number of hydrogen-bond donors (Lipinski definition) is 1. The first kappa shape index (κ1) is 16.4. The maximum atomic E-state index is 12.9. The van der Waals surface area contributed by atoms with Crippen LogP contribution in [-0.4, -0.2) is 12.4 Å². The Labute approximate surface area is 136 Å². The lowest BCUT2D eigenvalue weighted by Gasteiger charge is -2.17. The van der Waals surface area contributed by atoms with Gasteiger partial charge in [0.2, 0.25) is 0 Å². The number of hydrogen-bond acceptors (Lipinski definition) is 3. The quantitative estimate of drug-likeness (QED) is 0.649. The Morgan fingerprint density at radius 1 is 1.23 bits per heavy atom. The summed E-state index contributed by atoms with van der Waals surface area (Å²) in [6.45, 7) is 6.32. The largest absolute Gasteiger partial charge is 0.493 e. The van der Waals surface area contributed by atoms with Gasteiger partial charge in [-0.05, 0) is 61.7 Å². The van der Waals surface area contributed by atoms with Crippen molar-refractivity contribution in [2.45, 2.75) is 27.2 Å². The molecule has 2 aromatic carbocycles. The van der Waals surface area contributed by atoms with Crippen LogP contribution in [0.25, 0.3) is 0 Å². The van der Waals surface area contributed by atoms with Crippen LogP contribution in [0.5, 0.6) is 5.75 Å². The molecular formula is C18H20ClNO2. The monoisotopic (exact) mass is 317 g/mol. The Bertz CT molecular complexity index is 693. The summed E-state index contributed by atoms with van der Waals surface area (Å²) in [5.74, 6) is 0.514. The zero-order valence-electron chi connectivity index (χ0n) is 13.1. The molecule has 2 aromatic rings. The lowest BCUT2D eigenvalue weighted by molar-refractivity contribution is 0.103. The maximum absolute atomic E-state index is 12.9. The van der Waals surface area contributed by atoms with Crippen LogP contribution in [-0.2, 0) is 0 Å². The van der Waals surface area contributed by atoms with Crippen molar-refractivity contribution in [3.05, 3.63) is 57.6 Å². The number of nitrogen functional groups attached to an aromatic ring is 1. The lowest BCUT2D eigenvalue weighted by Crippen LogP contribution is -2.10. The van der Waals surface area contributed by atoms with Gasteiger partial charge in [0.15, 0.2) is 5.78 Å². The third-order valence-corrected chi connectivity index (χ3v) is 3.90. The van der Waals surface area contributed by atoms with Crippen LogP contribution in [0.4, 0.5) is 5.69 Å². The molecule has 22 heavy (non-hydrogen) atoms. The zero-order chi connectivity index (χ0) is 16.3. The van der Waals surface area contributed by atoms with E-state index in [0.29, 0.717) is 34.2 Å². The van der Waals surface area contributed by atoms with Crippen LogP contribution in [0.2, 0.25) is 5.02 Å². The first-order chi connectivity index (χ1) is 10.5. The number of nitrogens with two attached hydrogens (primary N) is 1. The summed E-state index contributed by atoms with van der Waals surface area (Å²) in [5, 5.41) is 0.570. The van der Waals surface area contributed by atoms with Gasteiger partial charge < -0.3 is 10.5 Å². The Morgan fingerprint density at radius 2 is 1.86 bits per heavy atom. The summed E-state index contributed by atoms with van der Waals surface area (Å²) in [6, 6.07) is 8.70. The average Bonchev–Trinajstić information content (AvgIpc) is 2.49. The average molecular weight is 318 g/mol. The number of halogens is 1. The van der Waals surface area contributed by atoms with Crippen LogP contribution >= 0.6 is 11.6 Å². The molecule has 0 heterocycles. The second kappa shape index (κ2) is 6.84. The van der Waals surface area contributed by atoms with Crippen LogP contribution < -0.4 is 10.5 Å². The number of rotatable bonds is 5. The Kier molecular flexibility index (Phi) is 5.09. The minimum atomic E-state index is -0.103. The summed E-state index contributed by atoms with van der Waals surface area (Å²) in [6.07, 6.45) is 0.872. The molecule has 0 amide bonds. The van der Waals surface area contributed by atoms with E-state index in [9.17, 15) is 4.79 Å². The maximum Gasteiger partial charge on any atom is 0.197 e. The van der Waals surface area contributed by atoms with Gasteiger partial charge in [0.05, 0.1) is 12.2 Å². The van der Waals surface area contributed by atoms with Gasteiger partial charge in [-0.2, -0.15) is 0 Å². The summed E-state index contributed by atoms with van der Waals surface area (Å²) in [7, 11) is 0. The first-order valence-corrected chi connectivity index (χ1v) is 7.66. The number of aryl methyl sites for hydroxylation is 1. The Balaban J connectivity index is 2.56. The second-order valence-corrected chi connectivity index (χ2v) is 5.71. The minimum Gasteiger partial charge on any atom is -0.493 e. The van der Waals surface area contributed by atoms with E-state index in [2.05, 4.69) is 0 Å². The van der Waals surface area contributed by atoms with Crippen molar-refractivity contribution in [3.63, 3.8) is 0 Å². The van der Waals surface area contributed by atoms with Gasteiger partial charge in [-0.25, -0.2) is 0 Å². The van der Waals surface area contributed by atoms with E-state index in [1.807, 2.05) is 26.8 Å². The standard InChI is InChI=1S/C18H20ClNO2/c1-4-9-22-18-11(2)10-15(19)12(3)16(18)17(21)13-5-7-14(20)8-6-13/h5-8,10H,4,9,20H2,1-3H3. The minimum absolute atomic E-state index is 0.103. The highest BCUT2D eigenvalue weighted by molar-refractivity contribution is 6.32. The number of benzene rings is 2. The van der Waals surface area contributed by atoms with Gasteiger partial charge >= 0.3 is 0 Å². The summed E-state index contributed by atoms with van der Waals surface area (Å²) in [4.78, 5) is 12.9. The summed E-state index contributed by atoms with van der Waals surface area (Å²) < 4.78 is 5.82. The van der Waals surface area contributed by atoms with Crippen molar-refractivity contribution in [2.75, 3.05) is 12.3 Å². The highest BCUT2D eigenvalue weighted by Crippen LogP contribution is 2.34. The van der Waals surface area contributed by atoms with Gasteiger partial charge in [-0.3, -0.25) is 4.79 Å². The molecule has 116 valence electrons. The molecule has 3 nitrogen and oxygen atoms in total. The number of anilines is 1. The molecule has 0 bridgehead atoms. The fraction of sp³-hybridized carbons (Fsp3) is 0.278. The highest BCUT2D eigenvalue weighted by Gasteiger charge is 2.21. The molecular weight excluding hydrogens is 298 g/mol. The van der Waals surface area contributed by atoms with Crippen molar-refractivity contribution in [1.82, 2.24) is 0 Å². The van der Waals surface area contributed by atoms with Crippen LogP contribution in [0.3, 0.4) is 0 Å². The third kappa shape index (κ3) is 3.25. The van der Waals surface area contributed by atoms with E-state index in [4.69, 9.17) is 22.1 Å². The summed E-state index contributed by atoms with van der Waals surface area (Å²) >= 11 is 6.25. The van der Waals surface area contributed by atoms with Crippen molar-refractivity contribution in [3.8, 4) is 5.75 Å². The number of ether oxygens (including phenoxy) is 1. The number of carbonyl (C=O) groups is 1. The molecule has 2 N–H and O–H groups in total. The van der Waals surface area contributed by atoms with Gasteiger partial charge in [-0.1, -0.05) is 18.5 Å². The predicted molar refractivity (Wildman–Crippen MR) is 91.0 cm³/mol. The fourth-order valence-electron chi connectivity index (χ4n) is 2.29. The van der Waals surface area contributed by atoms with Crippen molar-refractivity contribution < 1.29 is 9.53 Å². The highest BCUT2D eigenvalue weighted by atomic mass is 35.5. The van der Waals surface area contributed by atoms with Gasteiger partial charge in [0.25, 0.3) is 0 Å². The van der Waals surface area contributed by atoms with E-state index >= 15 is 0 Å². The fourth-order valence-corrected chi connectivity index (χ4v) is 2.55. The lowest BCUT2D eigenvalue weighted by atomic mass is 9.95. The molecule has 4 heteroatoms. The van der Waals surface area contributed by atoms with Gasteiger partial charge in [-0.15, -0.1) is 0 Å². The first-order valence-electron chi connectivity index (χ1n) is 7.28. The second-order valence-electron chi connectivity index (χ2n) is 5.30. The molecule has 0 aliphatic rings. The molecule has 0 saturated heterocycles. The molecule has 0 aromatic heterocycles. The third-order valence-electron chi connectivity index (χ3n) is 3.51.